The van der Waals surface area contributed by atoms with Crippen molar-refractivity contribution in [1.29, 1.82) is 0 Å². The Bertz CT molecular complexity index is 382. The molecule has 0 saturated heterocycles. The number of unbranched alkanes of at least 4 members (excludes halogenated alkanes) is 2. The van der Waals surface area contributed by atoms with E-state index in [0.29, 0.717) is 25.7 Å². The maximum absolute atomic E-state index is 11.0. The van der Waals surface area contributed by atoms with Crippen LogP contribution in [0.1, 0.15) is 64.2 Å². The number of aliphatic carboxylic acids is 2. The maximum atomic E-state index is 11.0. The lowest BCUT2D eigenvalue weighted by Crippen LogP contribution is -2.22. The average molecular weight is 284 g/mol. The van der Waals surface area contributed by atoms with Crippen LogP contribution in [0.15, 0.2) is 0 Å². The summed E-state index contributed by atoms with van der Waals surface area (Å²) in [6, 6.07) is 0. The van der Waals surface area contributed by atoms with Gasteiger partial charge in [0.25, 0.3) is 0 Å². The summed E-state index contributed by atoms with van der Waals surface area (Å²) in [5.74, 6) is -1.46. The summed E-state index contributed by atoms with van der Waals surface area (Å²) in [6.07, 6.45) is 6.76. The number of carbonyl (C=O) groups is 2. The lowest BCUT2D eigenvalue weighted by atomic mass is 9.94. The second-order valence-corrected chi connectivity index (χ2v) is 6.63. The Morgan fingerprint density at radius 1 is 0.900 bits per heavy atom. The summed E-state index contributed by atoms with van der Waals surface area (Å²) >= 11 is 0. The van der Waals surface area contributed by atoms with Gasteiger partial charge in [-0.3, -0.25) is 9.59 Å². The van der Waals surface area contributed by atoms with Crippen LogP contribution in [0.25, 0.3) is 0 Å². The van der Waals surface area contributed by atoms with Gasteiger partial charge in [0.2, 0.25) is 0 Å². The highest BCUT2D eigenvalue weighted by Gasteiger charge is 2.51. The third kappa shape index (κ3) is 3.51. The molecule has 0 aliphatic heterocycles. The van der Waals surface area contributed by atoms with Crippen molar-refractivity contribution in [2.24, 2.45) is 10.8 Å². The van der Waals surface area contributed by atoms with Gasteiger partial charge in [-0.2, -0.15) is 0 Å². The molecule has 0 spiro atoms. The monoisotopic (exact) mass is 284 g/mol. The molecule has 114 valence electrons. The molecule has 0 aromatic heterocycles. The minimum absolute atomic E-state index is 0.362. The minimum Gasteiger partial charge on any atom is -0.481 e. The van der Waals surface area contributed by atoms with E-state index >= 15 is 0 Å². The third-order valence-electron chi connectivity index (χ3n) is 4.93. The van der Waals surface area contributed by atoms with Crippen LogP contribution in [-0.2, 0) is 9.59 Å². The Kier molecular flexibility index (Phi) is 4.37. The van der Waals surface area contributed by atoms with E-state index in [1.165, 1.54) is 0 Å². The molecule has 2 aliphatic rings. The van der Waals surface area contributed by atoms with E-state index < -0.39 is 28.9 Å². The highest BCUT2D eigenvalue weighted by molar-refractivity contribution is 5.78. The van der Waals surface area contributed by atoms with Crippen LogP contribution in [0.5, 0.6) is 0 Å². The van der Waals surface area contributed by atoms with E-state index in [1.54, 1.807) is 0 Å². The van der Waals surface area contributed by atoms with Crippen LogP contribution < -0.4 is 0 Å². The van der Waals surface area contributed by atoms with Gasteiger partial charge in [0.15, 0.2) is 0 Å². The van der Waals surface area contributed by atoms with Crippen molar-refractivity contribution in [3.05, 3.63) is 0 Å². The summed E-state index contributed by atoms with van der Waals surface area (Å²) in [7, 11) is 0. The molecule has 5 nitrogen and oxygen atoms in total. The Morgan fingerprint density at radius 2 is 1.45 bits per heavy atom. The van der Waals surface area contributed by atoms with Gasteiger partial charge in [-0.1, -0.05) is 19.3 Å². The van der Waals surface area contributed by atoms with Crippen molar-refractivity contribution >= 4 is 11.9 Å². The predicted molar refractivity (Wildman–Crippen MR) is 72.3 cm³/mol. The first kappa shape index (κ1) is 15.3. The third-order valence-corrected chi connectivity index (χ3v) is 4.93. The molecule has 3 N–H and O–H groups in total. The average Bonchev–Trinajstić information content (AvgIpc) is 3.23. The van der Waals surface area contributed by atoms with E-state index in [4.69, 9.17) is 10.2 Å². The van der Waals surface area contributed by atoms with E-state index in [1.807, 2.05) is 0 Å². The lowest BCUT2D eigenvalue weighted by Gasteiger charge is -2.15. The molecular weight excluding hydrogens is 260 g/mol. The van der Waals surface area contributed by atoms with Gasteiger partial charge in [0, 0.05) is 0 Å². The first-order valence-electron chi connectivity index (χ1n) is 7.55. The fraction of sp³-hybridized carbons (Fsp3) is 0.867. The Labute approximate surface area is 119 Å². The molecule has 0 aromatic carbocycles. The quantitative estimate of drug-likeness (QED) is 0.535. The normalized spacial score (nSPS) is 23.1. The van der Waals surface area contributed by atoms with Gasteiger partial charge in [-0.25, -0.2) is 0 Å². The Balaban J connectivity index is 1.55. The SMILES string of the molecule is O=C(O)C1(CCCCCC(O)CC2(C(=O)O)CC2)CC1. The number of carboxylic acids is 2. The summed E-state index contributed by atoms with van der Waals surface area (Å²) in [5, 5.41) is 28.0. The standard InChI is InChI=1S/C15H24O5/c16-11(10-15(8-9-15)13(19)20)4-2-1-3-5-14(6-7-14)12(17)18/h11,16H,1-10H2,(H,17,18)(H,19,20). The second kappa shape index (κ2) is 5.72. The van der Waals surface area contributed by atoms with Crippen LogP contribution in [-0.4, -0.2) is 33.4 Å². The topological polar surface area (TPSA) is 94.8 Å². The molecule has 0 heterocycles. The van der Waals surface area contributed by atoms with E-state index in [9.17, 15) is 14.7 Å². The molecule has 1 unspecified atom stereocenters. The van der Waals surface area contributed by atoms with Crippen LogP contribution in [0.3, 0.4) is 0 Å². The molecule has 1 atom stereocenters. The van der Waals surface area contributed by atoms with Crippen LogP contribution in [0.2, 0.25) is 0 Å². The van der Waals surface area contributed by atoms with E-state index in [2.05, 4.69) is 0 Å². The zero-order valence-corrected chi connectivity index (χ0v) is 11.8. The highest BCUT2D eigenvalue weighted by Crippen LogP contribution is 2.51. The Hall–Kier alpha value is -1.10. The maximum Gasteiger partial charge on any atom is 0.309 e. The van der Waals surface area contributed by atoms with Crippen LogP contribution in [0, 0.1) is 10.8 Å². The van der Waals surface area contributed by atoms with Gasteiger partial charge in [-0.05, 0) is 44.9 Å². The van der Waals surface area contributed by atoms with Gasteiger partial charge in [0.1, 0.15) is 0 Å². The summed E-state index contributed by atoms with van der Waals surface area (Å²) in [5.41, 5.74) is -1.10. The van der Waals surface area contributed by atoms with Crippen molar-refractivity contribution in [2.45, 2.75) is 70.3 Å². The highest BCUT2D eigenvalue weighted by atomic mass is 16.4. The molecule has 2 fully saturated rings. The largest absolute Gasteiger partial charge is 0.481 e. The second-order valence-electron chi connectivity index (χ2n) is 6.63. The molecule has 0 aromatic rings. The minimum atomic E-state index is -0.784. The molecule has 0 radical (unpaired) electrons. The molecule has 5 heteroatoms. The molecule has 0 amide bonds. The van der Waals surface area contributed by atoms with E-state index in [-0.39, 0.29) is 0 Å². The first-order valence-corrected chi connectivity index (χ1v) is 7.55. The molecular formula is C15H24O5. The number of aliphatic hydroxyl groups is 1. The van der Waals surface area contributed by atoms with Crippen LogP contribution in [0.4, 0.5) is 0 Å². The van der Waals surface area contributed by atoms with Gasteiger partial charge < -0.3 is 15.3 Å². The summed E-state index contributed by atoms with van der Waals surface area (Å²) in [4.78, 5) is 22.0. The number of hydrogen-bond donors (Lipinski definition) is 3. The molecule has 0 bridgehead atoms. The lowest BCUT2D eigenvalue weighted by molar-refractivity contribution is -0.145. The Morgan fingerprint density at radius 3 is 1.90 bits per heavy atom. The first-order chi connectivity index (χ1) is 9.40. The van der Waals surface area contributed by atoms with Crippen molar-refractivity contribution < 1.29 is 24.9 Å². The molecule has 2 saturated carbocycles. The van der Waals surface area contributed by atoms with Gasteiger partial charge >= 0.3 is 11.9 Å². The zero-order chi connectivity index (χ0) is 14.8. The summed E-state index contributed by atoms with van der Waals surface area (Å²) in [6.45, 7) is 0. The number of rotatable bonds is 10. The van der Waals surface area contributed by atoms with Crippen molar-refractivity contribution in [1.82, 2.24) is 0 Å². The van der Waals surface area contributed by atoms with Crippen molar-refractivity contribution in [2.75, 3.05) is 0 Å². The molecule has 20 heavy (non-hydrogen) atoms. The van der Waals surface area contributed by atoms with Crippen LogP contribution >= 0.6 is 0 Å². The predicted octanol–water partition coefficient (Wildman–Crippen LogP) is 2.42. The van der Waals surface area contributed by atoms with Crippen molar-refractivity contribution in [3.8, 4) is 0 Å². The number of aliphatic hydroxyl groups excluding tert-OH is 1. The fourth-order valence-corrected chi connectivity index (χ4v) is 2.95. The number of carboxylic acid groups (broad SMARTS) is 2. The molecule has 2 rings (SSSR count). The number of hydrogen-bond acceptors (Lipinski definition) is 3. The van der Waals surface area contributed by atoms with Gasteiger partial charge in [0.05, 0.1) is 16.9 Å². The zero-order valence-electron chi connectivity index (χ0n) is 11.8. The van der Waals surface area contributed by atoms with E-state index in [0.717, 1.165) is 38.5 Å². The van der Waals surface area contributed by atoms with Gasteiger partial charge in [-0.15, -0.1) is 0 Å². The fourth-order valence-electron chi connectivity index (χ4n) is 2.95. The smallest absolute Gasteiger partial charge is 0.309 e. The van der Waals surface area contributed by atoms with Crippen molar-refractivity contribution in [3.63, 3.8) is 0 Å². The molecule has 2 aliphatic carbocycles. The summed E-state index contributed by atoms with van der Waals surface area (Å²) < 4.78 is 0.